The van der Waals surface area contributed by atoms with Crippen molar-refractivity contribution >= 4 is 33.0 Å². The molecular formula is C26H34FN5O5S. The molecule has 3 heterocycles. The Hall–Kier alpha value is -3.12. The molecule has 3 N–H and O–H groups in total. The lowest BCUT2D eigenvalue weighted by Crippen LogP contribution is -2.47. The Morgan fingerprint density at radius 3 is 2.45 bits per heavy atom. The Balaban J connectivity index is 1.40. The molecule has 2 saturated heterocycles. The molecule has 1 aromatic heterocycles. The summed E-state index contributed by atoms with van der Waals surface area (Å²) in [5.41, 5.74) is 1.33. The number of alkyl halides is 1. The molecule has 1 spiro atoms. The number of benzene rings is 1. The first-order chi connectivity index (χ1) is 18.2. The van der Waals surface area contributed by atoms with E-state index >= 15 is 0 Å². The van der Waals surface area contributed by atoms with E-state index in [-0.39, 0.29) is 5.69 Å². The van der Waals surface area contributed by atoms with Crippen LogP contribution in [0.5, 0.6) is 0 Å². The van der Waals surface area contributed by atoms with E-state index < -0.39 is 40.0 Å². The number of sulfonamides is 1. The van der Waals surface area contributed by atoms with Crippen molar-refractivity contribution < 1.29 is 22.7 Å². The van der Waals surface area contributed by atoms with E-state index in [1.165, 1.54) is 29.7 Å². The maximum absolute atomic E-state index is 13.6. The summed E-state index contributed by atoms with van der Waals surface area (Å²) in [6.45, 7) is 1.81. The Bertz CT molecular complexity index is 1340. The van der Waals surface area contributed by atoms with Crippen LogP contribution in [0.3, 0.4) is 0 Å². The van der Waals surface area contributed by atoms with Gasteiger partial charge in [0.2, 0.25) is 10.0 Å². The van der Waals surface area contributed by atoms with Crippen molar-refractivity contribution in [2.75, 3.05) is 58.5 Å². The number of hydrogen-bond acceptors (Lipinski definition) is 7. The van der Waals surface area contributed by atoms with Gasteiger partial charge in [0.05, 0.1) is 29.3 Å². The van der Waals surface area contributed by atoms with E-state index in [1.807, 2.05) is 0 Å². The van der Waals surface area contributed by atoms with Crippen molar-refractivity contribution in [3.05, 3.63) is 52.4 Å². The Labute approximate surface area is 221 Å². The Kier molecular flexibility index (Phi) is 7.36. The lowest BCUT2D eigenvalue weighted by Gasteiger charge is -2.35. The van der Waals surface area contributed by atoms with Crippen LogP contribution in [0.2, 0.25) is 0 Å². The van der Waals surface area contributed by atoms with E-state index in [1.54, 1.807) is 29.4 Å². The van der Waals surface area contributed by atoms with Gasteiger partial charge in [-0.05, 0) is 74.3 Å². The molecule has 0 atom stereocenters. The minimum atomic E-state index is -3.74. The smallest absolute Gasteiger partial charge is 0.292 e. The number of halogens is 1. The maximum Gasteiger partial charge on any atom is 0.292 e. The molecule has 5 rings (SSSR count). The van der Waals surface area contributed by atoms with E-state index in [9.17, 15) is 22.4 Å². The number of carbonyl (C=O) groups excluding carboxylic acids is 1. The molecule has 1 saturated carbocycles. The third-order valence-corrected chi connectivity index (χ3v) is 9.15. The van der Waals surface area contributed by atoms with Crippen molar-refractivity contribution in [1.82, 2.24) is 4.68 Å². The van der Waals surface area contributed by atoms with Gasteiger partial charge >= 0.3 is 0 Å². The number of aliphatic hydroxyl groups is 1. The summed E-state index contributed by atoms with van der Waals surface area (Å²) in [7, 11) is -3.74. The van der Waals surface area contributed by atoms with Gasteiger partial charge in [0, 0.05) is 32.4 Å². The number of anilines is 3. The molecule has 1 aliphatic carbocycles. The predicted molar refractivity (Wildman–Crippen MR) is 145 cm³/mol. The number of pyridine rings is 1. The standard InChI is InChI=1S/C26H34FN5O5S/c27-19-5-12-31(13-6-19)32-11-1-2-22(25(32)35)28-24(34)21-4-3-20(29-38(36,37)17-16-33)18-23(21)30-14-9-26(7-8-26)10-15-30/h1-4,11,18-19,29,33H,5-10,12-17H2,(H,28,34). The van der Waals surface area contributed by atoms with Gasteiger partial charge in [0.1, 0.15) is 11.9 Å². The average Bonchev–Trinajstić information content (AvgIpc) is 3.64. The third kappa shape index (κ3) is 5.80. The van der Waals surface area contributed by atoms with Gasteiger partial charge in [-0.25, -0.2) is 17.5 Å². The van der Waals surface area contributed by atoms with Crippen molar-refractivity contribution in [1.29, 1.82) is 0 Å². The van der Waals surface area contributed by atoms with Crippen LogP contribution in [0.1, 0.15) is 48.9 Å². The second-order valence-corrected chi connectivity index (χ2v) is 12.4. The fourth-order valence-electron chi connectivity index (χ4n) is 5.34. The molecule has 0 radical (unpaired) electrons. The maximum atomic E-state index is 13.6. The Morgan fingerprint density at radius 1 is 1.08 bits per heavy atom. The molecule has 1 aromatic carbocycles. The first-order valence-corrected chi connectivity index (χ1v) is 14.8. The monoisotopic (exact) mass is 547 g/mol. The summed E-state index contributed by atoms with van der Waals surface area (Å²) in [5, 5.41) is 13.6. The highest BCUT2D eigenvalue weighted by Crippen LogP contribution is 2.54. The van der Waals surface area contributed by atoms with Crippen LogP contribution in [0, 0.1) is 5.41 Å². The van der Waals surface area contributed by atoms with Crippen molar-refractivity contribution in [2.24, 2.45) is 5.41 Å². The molecule has 2 aromatic rings. The SMILES string of the molecule is O=C(Nc1cccn(N2CCC(F)CC2)c1=O)c1ccc(NS(=O)(=O)CCO)cc1N1CCC2(CC1)CC2. The van der Waals surface area contributed by atoms with E-state index in [0.29, 0.717) is 48.3 Å². The molecule has 0 bridgehead atoms. The van der Waals surface area contributed by atoms with Gasteiger partial charge in [0.25, 0.3) is 11.5 Å². The molecule has 206 valence electrons. The van der Waals surface area contributed by atoms with E-state index in [4.69, 9.17) is 5.11 Å². The molecule has 10 nitrogen and oxygen atoms in total. The molecule has 12 heteroatoms. The summed E-state index contributed by atoms with van der Waals surface area (Å²) >= 11 is 0. The third-order valence-electron chi connectivity index (χ3n) is 7.88. The molecular weight excluding hydrogens is 513 g/mol. The summed E-state index contributed by atoms with van der Waals surface area (Å²) in [6, 6.07) is 7.89. The van der Waals surface area contributed by atoms with Gasteiger partial charge in [0.15, 0.2) is 0 Å². The molecule has 1 amide bonds. The molecule has 2 aliphatic heterocycles. The summed E-state index contributed by atoms with van der Waals surface area (Å²) < 4.78 is 41.9. The van der Waals surface area contributed by atoms with Crippen LogP contribution in [0.4, 0.5) is 21.5 Å². The van der Waals surface area contributed by atoms with Crippen LogP contribution in [-0.2, 0) is 10.0 Å². The summed E-state index contributed by atoms with van der Waals surface area (Å²) in [4.78, 5) is 28.7. The normalized spacial score (nSPS) is 19.4. The van der Waals surface area contributed by atoms with Crippen LogP contribution in [-0.4, -0.2) is 68.8 Å². The minimum absolute atomic E-state index is 0.106. The van der Waals surface area contributed by atoms with E-state index in [0.717, 1.165) is 25.9 Å². The van der Waals surface area contributed by atoms with Gasteiger partial charge < -0.3 is 20.3 Å². The fraction of sp³-hybridized carbons (Fsp3) is 0.538. The average molecular weight is 548 g/mol. The minimum Gasteiger partial charge on any atom is -0.395 e. The lowest BCUT2D eigenvalue weighted by molar-refractivity contribution is 0.102. The highest BCUT2D eigenvalue weighted by Gasteiger charge is 2.44. The largest absolute Gasteiger partial charge is 0.395 e. The zero-order valence-electron chi connectivity index (χ0n) is 21.2. The predicted octanol–water partition coefficient (Wildman–Crippen LogP) is 2.28. The van der Waals surface area contributed by atoms with Crippen molar-refractivity contribution in [3.8, 4) is 0 Å². The first-order valence-electron chi connectivity index (χ1n) is 13.1. The van der Waals surface area contributed by atoms with E-state index in [2.05, 4.69) is 14.9 Å². The quantitative estimate of drug-likeness (QED) is 0.463. The zero-order valence-corrected chi connectivity index (χ0v) is 22.1. The number of aliphatic hydroxyl groups excluding tert-OH is 1. The van der Waals surface area contributed by atoms with Gasteiger partial charge in [-0.3, -0.25) is 14.3 Å². The van der Waals surface area contributed by atoms with Gasteiger partial charge in [-0.1, -0.05) is 0 Å². The second kappa shape index (κ2) is 10.6. The number of piperidine rings is 2. The number of nitrogens with one attached hydrogen (secondary N) is 2. The number of aromatic nitrogens is 1. The fourth-order valence-corrected chi connectivity index (χ4v) is 6.17. The number of carbonyl (C=O) groups is 1. The van der Waals surface area contributed by atoms with Gasteiger partial charge in [-0.15, -0.1) is 0 Å². The van der Waals surface area contributed by atoms with Crippen LogP contribution < -0.4 is 25.5 Å². The van der Waals surface area contributed by atoms with Crippen LogP contribution in [0.25, 0.3) is 0 Å². The highest BCUT2D eigenvalue weighted by molar-refractivity contribution is 7.92. The van der Waals surface area contributed by atoms with Crippen LogP contribution >= 0.6 is 0 Å². The van der Waals surface area contributed by atoms with Crippen molar-refractivity contribution in [2.45, 2.75) is 44.7 Å². The van der Waals surface area contributed by atoms with Gasteiger partial charge in [-0.2, -0.15) is 0 Å². The second-order valence-electron chi connectivity index (χ2n) is 10.5. The summed E-state index contributed by atoms with van der Waals surface area (Å²) in [6.07, 6.45) is 5.88. The molecule has 3 fully saturated rings. The zero-order chi connectivity index (χ0) is 26.9. The molecule has 0 unspecified atom stereocenters. The van der Waals surface area contributed by atoms with Crippen LogP contribution in [0.15, 0.2) is 41.3 Å². The number of nitrogens with zero attached hydrogens (tertiary/aromatic N) is 3. The number of rotatable bonds is 8. The molecule has 38 heavy (non-hydrogen) atoms. The highest BCUT2D eigenvalue weighted by atomic mass is 32.2. The topological polar surface area (TPSA) is 124 Å². The summed E-state index contributed by atoms with van der Waals surface area (Å²) in [5.74, 6) is -0.908. The Morgan fingerprint density at radius 2 is 1.79 bits per heavy atom. The van der Waals surface area contributed by atoms with Crippen molar-refractivity contribution in [3.63, 3.8) is 0 Å². The molecule has 3 aliphatic rings. The number of amides is 1. The first kappa shape index (κ1) is 26.5. The number of hydrogen-bond donors (Lipinski definition) is 3. The lowest BCUT2D eigenvalue weighted by atomic mass is 9.93.